The third kappa shape index (κ3) is 2.99. The summed E-state index contributed by atoms with van der Waals surface area (Å²) in [5, 5.41) is 4.07. The lowest BCUT2D eigenvalue weighted by atomic mass is 9.93. The number of hydrogen-bond acceptors (Lipinski definition) is 2. The zero-order chi connectivity index (χ0) is 13.1. The van der Waals surface area contributed by atoms with Gasteiger partial charge < -0.3 is 10.2 Å². The van der Waals surface area contributed by atoms with Gasteiger partial charge in [0.15, 0.2) is 0 Å². The average Bonchev–Trinajstić information content (AvgIpc) is 2.35. The summed E-state index contributed by atoms with van der Waals surface area (Å²) in [7, 11) is 1.99. The van der Waals surface area contributed by atoms with Gasteiger partial charge in [-0.25, -0.2) is 0 Å². The van der Waals surface area contributed by atoms with Crippen molar-refractivity contribution in [3.8, 4) is 0 Å². The Labute approximate surface area is 115 Å². The Morgan fingerprint density at radius 1 is 1.33 bits per heavy atom. The van der Waals surface area contributed by atoms with Crippen molar-refractivity contribution in [2.75, 3.05) is 18.5 Å². The Kier molecular flexibility index (Phi) is 4.52. The van der Waals surface area contributed by atoms with E-state index in [9.17, 15) is 0 Å². The zero-order valence-corrected chi connectivity index (χ0v) is 12.3. The van der Waals surface area contributed by atoms with Gasteiger partial charge in [-0.1, -0.05) is 24.6 Å². The molecular formula is C15H23ClN2. The highest BCUT2D eigenvalue weighted by molar-refractivity contribution is 6.30. The average molecular weight is 267 g/mol. The van der Waals surface area contributed by atoms with E-state index in [-0.39, 0.29) is 0 Å². The molecule has 1 aliphatic rings. The standard InChI is InChI=1S/C15H23ClN2/c1-11-4-5-12(2)18(10-11)15-8-14(16)7-6-13(15)9-17-3/h6-8,11-12,17H,4-5,9-10H2,1-3H3. The molecule has 2 unspecified atom stereocenters. The molecule has 1 aromatic carbocycles. The lowest BCUT2D eigenvalue weighted by molar-refractivity contribution is 0.389. The van der Waals surface area contributed by atoms with Crippen molar-refractivity contribution in [2.24, 2.45) is 5.92 Å². The molecule has 0 amide bonds. The van der Waals surface area contributed by atoms with E-state index in [0.29, 0.717) is 6.04 Å². The first-order chi connectivity index (χ1) is 8.61. The SMILES string of the molecule is CNCc1ccc(Cl)cc1N1CC(C)CCC1C. The molecule has 1 heterocycles. The van der Waals surface area contributed by atoms with Gasteiger partial charge in [0, 0.05) is 29.8 Å². The van der Waals surface area contributed by atoms with E-state index in [1.807, 2.05) is 13.1 Å². The number of hydrogen-bond donors (Lipinski definition) is 1. The molecule has 0 radical (unpaired) electrons. The molecule has 18 heavy (non-hydrogen) atoms. The highest BCUT2D eigenvalue weighted by Crippen LogP contribution is 2.32. The lowest BCUT2D eigenvalue weighted by Crippen LogP contribution is -2.41. The van der Waals surface area contributed by atoms with Crippen LogP contribution in [0.5, 0.6) is 0 Å². The van der Waals surface area contributed by atoms with Crippen LogP contribution in [0.3, 0.4) is 0 Å². The Balaban J connectivity index is 2.32. The molecule has 0 spiro atoms. The molecule has 2 rings (SSSR count). The van der Waals surface area contributed by atoms with E-state index in [0.717, 1.165) is 24.0 Å². The Bertz CT molecular complexity index is 405. The van der Waals surface area contributed by atoms with E-state index in [4.69, 9.17) is 11.6 Å². The van der Waals surface area contributed by atoms with Gasteiger partial charge in [0.05, 0.1) is 0 Å². The monoisotopic (exact) mass is 266 g/mol. The molecule has 0 saturated carbocycles. The van der Waals surface area contributed by atoms with Crippen LogP contribution in [0.25, 0.3) is 0 Å². The molecule has 0 aromatic heterocycles. The van der Waals surface area contributed by atoms with Gasteiger partial charge in [0.2, 0.25) is 0 Å². The Morgan fingerprint density at radius 3 is 2.83 bits per heavy atom. The van der Waals surface area contributed by atoms with E-state index < -0.39 is 0 Å². The summed E-state index contributed by atoms with van der Waals surface area (Å²) in [5.74, 6) is 0.766. The minimum Gasteiger partial charge on any atom is -0.368 e. The number of nitrogens with zero attached hydrogens (tertiary/aromatic N) is 1. The summed E-state index contributed by atoms with van der Waals surface area (Å²) >= 11 is 6.17. The minimum absolute atomic E-state index is 0.607. The number of benzene rings is 1. The van der Waals surface area contributed by atoms with Gasteiger partial charge in [-0.3, -0.25) is 0 Å². The quantitative estimate of drug-likeness (QED) is 0.898. The molecule has 3 heteroatoms. The van der Waals surface area contributed by atoms with Gasteiger partial charge in [0.1, 0.15) is 0 Å². The molecular weight excluding hydrogens is 244 g/mol. The molecule has 2 atom stereocenters. The van der Waals surface area contributed by atoms with Crippen molar-refractivity contribution in [3.63, 3.8) is 0 Å². The van der Waals surface area contributed by atoms with Gasteiger partial charge in [-0.15, -0.1) is 0 Å². The maximum atomic E-state index is 6.17. The highest BCUT2D eigenvalue weighted by atomic mass is 35.5. The number of anilines is 1. The van der Waals surface area contributed by atoms with Gasteiger partial charge in [-0.05, 0) is 50.4 Å². The molecule has 1 aromatic rings. The third-order valence-corrected chi connectivity index (χ3v) is 4.08. The second-order valence-electron chi connectivity index (χ2n) is 5.49. The largest absolute Gasteiger partial charge is 0.368 e. The topological polar surface area (TPSA) is 15.3 Å². The Morgan fingerprint density at radius 2 is 2.11 bits per heavy atom. The van der Waals surface area contributed by atoms with Crippen LogP contribution in [-0.4, -0.2) is 19.6 Å². The first-order valence-corrected chi connectivity index (χ1v) is 7.19. The predicted octanol–water partition coefficient (Wildman–Crippen LogP) is 3.68. The summed E-state index contributed by atoms with van der Waals surface area (Å²) in [6, 6.07) is 6.84. The molecule has 1 fully saturated rings. The summed E-state index contributed by atoms with van der Waals surface area (Å²) < 4.78 is 0. The predicted molar refractivity (Wildman–Crippen MR) is 79.4 cm³/mol. The van der Waals surface area contributed by atoms with E-state index in [1.165, 1.54) is 24.1 Å². The Hall–Kier alpha value is -0.730. The van der Waals surface area contributed by atoms with Crippen LogP contribution in [0.1, 0.15) is 32.3 Å². The fourth-order valence-electron chi connectivity index (χ4n) is 2.77. The van der Waals surface area contributed by atoms with Gasteiger partial charge >= 0.3 is 0 Å². The van der Waals surface area contributed by atoms with Crippen LogP contribution in [-0.2, 0) is 6.54 Å². The fourth-order valence-corrected chi connectivity index (χ4v) is 2.94. The van der Waals surface area contributed by atoms with Crippen LogP contribution in [0, 0.1) is 5.92 Å². The molecule has 100 valence electrons. The number of rotatable bonds is 3. The highest BCUT2D eigenvalue weighted by Gasteiger charge is 2.24. The van der Waals surface area contributed by atoms with Crippen molar-refractivity contribution in [3.05, 3.63) is 28.8 Å². The third-order valence-electron chi connectivity index (χ3n) is 3.84. The maximum Gasteiger partial charge on any atom is 0.0429 e. The summed E-state index contributed by atoms with van der Waals surface area (Å²) in [6.45, 7) is 6.68. The van der Waals surface area contributed by atoms with Crippen molar-refractivity contribution < 1.29 is 0 Å². The molecule has 1 aliphatic heterocycles. The van der Waals surface area contributed by atoms with Crippen molar-refractivity contribution in [1.29, 1.82) is 0 Å². The van der Waals surface area contributed by atoms with Crippen molar-refractivity contribution >= 4 is 17.3 Å². The van der Waals surface area contributed by atoms with Crippen molar-refractivity contribution in [2.45, 2.75) is 39.3 Å². The van der Waals surface area contributed by atoms with Crippen LogP contribution in [0.4, 0.5) is 5.69 Å². The van der Waals surface area contributed by atoms with Crippen molar-refractivity contribution in [1.82, 2.24) is 5.32 Å². The molecule has 1 N–H and O–H groups in total. The van der Waals surface area contributed by atoms with Gasteiger partial charge in [-0.2, -0.15) is 0 Å². The summed E-state index contributed by atoms with van der Waals surface area (Å²) in [6.07, 6.45) is 2.60. The molecule has 0 aliphatic carbocycles. The van der Waals surface area contributed by atoms with Crippen LogP contribution < -0.4 is 10.2 Å². The van der Waals surface area contributed by atoms with Crippen LogP contribution in [0.2, 0.25) is 5.02 Å². The molecule has 0 bridgehead atoms. The van der Waals surface area contributed by atoms with Crippen LogP contribution >= 0.6 is 11.6 Å². The van der Waals surface area contributed by atoms with E-state index in [2.05, 4.69) is 36.2 Å². The van der Waals surface area contributed by atoms with E-state index in [1.54, 1.807) is 0 Å². The van der Waals surface area contributed by atoms with Crippen LogP contribution in [0.15, 0.2) is 18.2 Å². The first-order valence-electron chi connectivity index (χ1n) is 6.81. The maximum absolute atomic E-state index is 6.17. The fraction of sp³-hybridized carbons (Fsp3) is 0.600. The second kappa shape index (κ2) is 5.94. The summed E-state index contributed by atoms with van der Waals surface area (Å²) in [4.78, 5) is 2.52. The normalized spacial score (nSPS) is 24.3. The van der Waals surface area contributed by atoms with E-state index >= 15 is 0 Å². The number of nitrogens with one attached hydrogen (secondary N) is 1. The molecule has 1 saturated heterocycles. The minimum atomic E-state index is 0.607. The molecule has 2 nitrogen and oxygen atoms in total. The van der Waals surface area contributed by atoms with Gasteiger partial charge in [0.25, 0.3) is 0 Å². The number of piperidine rings is 1. The lowest BCUT2D eigenvalue weighted by Gasteiger charge is -2.39. The zero-order valence-electron chi connectivity index (χ0n) is 11.5. The summed E-state index contributed by atoms with van der Waals surface area (Å²) in [5.41, 5.74) is 2.64. The second-order valence-corrected chi connectivity index (χ2v) is 5.92. The smallest absolute Gasteiger partial charge is 0.0429 e. The first kappa shape index (κ1) is 13.7. The number of halogens is 1.